The highest BCUT2D eigenvalue weighted by atomic mass is 35.5. The number of amides is 2. The number of nitro benzene ring substituents is 1. The Hall–Kier alpha value is -2.68. The molecule has 0 aliphatic carbocycles. The number of rotatable bonds is 6. The second kappa shape index (κ2) is 7.51. The molecule has 0 fully saturated rings. The van der Waals surface area contributed by atoms with Crippen molar-refractivity contribution in [1.82, 2.24) is 4.90 Å². The van der Waals surface area contributed by atoms with E-state index in [4.69, 9.17) is 27.9 Å². The molecule has 27 heavy (non-hydrogen) atoms. The summed E-state index contributed by atoms with van der Waals surface area (Å²) in [4.78, 5) is 36.0. The number of aliphatic hydroxyl groups is 1. The lowest BCUT2D eigenvalue weighted by molar-refractivity contribution is -0.385. The van der Waals surface area contributed by atoms with Gasteiger partial charge < -0.3 is 9.84 Å². The maximum atomic E-state index is 12.5. The van der Waals surface area contributed by atoms with Crippen molar-refractivity contribution in [3.05, 3.63) is 67.7 Å². The van der Waals surface area contributed by atoms with Gasteiger partial charge in [-0.2, -0.15) is 0 Å². The summed E-state index contributed by atoms with van der Waals surface area (Å²) in [5.41, 5.74) is -0.812. The Labute approximate surface area is 163 Å². The zero-order valence-electron chi connectivity index (χ0n) is 13.6. The third-order valence-corrected chi connectivity index (χ3v) is 4.50. The van der Waals surface area contributed by atoms with Gasteiger partial charge in [0, 0.05) is 6.07 Å². The lowest BCUT2D eigenvalue weighted by atomic mass is 10.1. The van der Waals surface area contributed by atoms with Gasteiger partial charge in [0.25, 0.3) is 17.5 Å². The molecule has 2 aromatic rings. The van der Waals surface area contributed by atoms with Gasteiger partial charge >= 0.3 is 0 Å². The van der Waals surface area contributed by atoms with Crippen LogP contribution in [0.1, 0.15) is 20.7 Å². The van der Waals surface area contributed by atoms with Crippen LogP contribution in [0.5, 0.6) is 5.75 Å². The van der Waals surface area contributed by atoms with Crippen LogP contribution in [-0.4, -0.2) is 46.0 Å². The average Bonchev–Trinajstić information content (AvgIpc) is 2.86. The van der Waals surface area contributed by atoms with Crippen molar-refractivity contribution < 1.29 is 24.4 Å². The van der Waals surface area contributed by atoms with Crippen LogP contribution in [0, 0.1) is 10.1 Å². The van der Waals surface area contributed by atoms with E-state index in [1.165, 1.54) is 12.1 Å². The van der Waals surface area contributed by atoms with Gasteiger partial charge in [0.05, 0.1) is 27.1 Å². The average molecular weight is 411 g/mol. The Morgan fingerprint density at radius 3 is 2.37 bits per heavy atom. The molecule has 0 radical (unpaired) electrons. The summed E-state index contributed by atoms with van der Waals surface area (Å²) in [6.45, 7) is -0.690. The van der Waals surface area contributed by atoms with Gasteiger partial charge in [-0.15, -0.1) is 0 Å². The molecular formula is C17H12Cl2N2O6. The third-order valence-electron chi connectivity index (χ3n) is 3.91. The molecule has 10 heteroatoms. The zero-order chi connectivity index (χ0) is 19.7. The number of carbonyl (C=O) groups excluding carboxylic acids is 2. The number of ether oxygens (including phenoxy) is 1. The summed E-state index contributed by atoms with van der Waals surface area (Å²) >= 11 is 11.9. The highest BCUT2D eigenvalue weighted by Gasteiger charge is 2.41. The van der Waals surface area contributed by atoms with Crippen LogP contribution < -0.4 is 4.74 Å². The lowest BCUT2D eigenvalue weighted by Gasteiger charge is -2.19. The quantitative estimate of drug-likeness (QED) is 0.445. The molecule has 3 rings (SSSR count). The van der Waals surface area contributed by atoms with Gasteiger partial charge in [-0.3, -0.25) is 24.6 Å². The molecule has 0 spiro atoms. The fourth-order valence-corrected chi connectivity index (χ4v) is 3.20. The van der Waals surface area contributed by atoms with Gasteiger partial charge in [-0.25, -0.2) is 0 Å². The molecule has 1 N–H and O–H groups in total. The summed E-state index contributed by atoms with van der Waals surface area (Å²) in [7, 11) is 0. The Morgan fingerprint density at radius 2 is 1.74 bits per heavy atom. The predicted molar refractivity (Wildman–Crippen MR) is 96.4 cm³/mol. The lowest BCUT2D eigenvalue weighted by Crippen LogP contribution is -2.39. The number of hydrogen-bond donors (Lipinski definition) is 1. The van der Waals surface area contributed by atoms with Gasteiger partial charge in [-0.1, -0.05) is 35.3 Å². The van der Waals surface area contributed by atoms with E-state index in [0.717, 1.165) is 11.0 Å². The van der Waals surface area contributed by atoms with Crippen molar-refractivity contribution in [1.29, 1.82) is 0 Å². The maximum absolute atomic E-state index is 12.5. The highest BCUT2D eigenvalue weighted by Crippen LogP contribution is 2.33. The van der Waals surface area contributed by atoms with Crippen LogP contribution in [0.25, 0.3) is 0 Å². The van der Waals surface area contributed by atoms with E-state index < -0.39 is 35.1 Å². The molecule has 2 aromatic carbocycles. The molecule has 1 atom stereocenters. The number of fused-ring (bicyclic) bond motifs is 1. The molecule has 1 aliphatic rings. The molecule has 0 unspecified atom stereocenters. The first-order valence-electron chi connectivity index (χ1n) is 7.69. The monoisotopic (exact) mass is 410 g/mol. The molecule has 1 heterocycles. The smallest absolute Gasteiger partial charge is 0.282 e. The summed E-state index contributed by atoms with van der Waals surface area (Å²) < 4.78 is 5.38. The van der Waals surface area contributed by atoms with Gasteiger partial charge in [0.15, 0.2) is 5.75 Å². The number of hydrogen-bond acceptors (Lipinski definition) is 6. The van der Waals surface area contributed by atoms with Crippen molar-refractivity contribution >= 4 is 40.7 Å². The van der Waals surface area contributed by atoms with Crippen LogP contribution in [0.3, 0.4) is 0 Å². The maximum Gasteiger partial charge on any atom is 0.282 e. The van der Waals surface area contributed by atoms with Gasteiger partial charge in [-0.05, 0) is 18.2 Å². The Balaban J connectivity index is 1.73. The van der Waals surface area contributed by atoms with Crippen LogP contribution >= 0.6 is 23.2 Å². The minimum Gasteiger partial charge on any atom is -0.488 e. The van der Waals surface area contributed by atoms with Crippen molar-refractivity contribution in [2.45, 2.75) is 6.10 Å². The first-order valence-corrected chi connectivity index (χ1v) is 8.45. The Morgan fingerprint density at radius 1 is 1.11 bits per heavy atom. The number of β-amino-alcohol motifs (C(OH)–C–C–N with tert-alkyl or cyclic N) is 1. The minimum atomic E-state index is -1.25. The number of imide groups is 1. The number of aliphatic hydroxyl groups excluding tert-OH is 1. The fourth-order valence-electron chi connectivity index (χ4n) is 2.70. The van der Waals surface area contributed by atoms with E-state index in [1.54, 1.807) is 18.2 Å². The van der Waals surface area contributed by atoms with E-state index in [1.807, 2.05) is 0 Å². The minimum absolute atomic E-state index is 0.0727. The van der Waals surface area contributed by atoms with Crippen molar-refractivity contribution in [2.75, 3.05) is 13.2 Å². The third kappa shape index (κ3) is 3.59. The molecule has 140 valence electrons. The van der Waals surface area contributed by atoms with E-state index in [0.29, 0.717) is 0 Å². The van der Waals surface area contributed by atoms with E-state index in [-0.39, 0.29) is 33.5 Å². The molecule has 2 amide bonds. The van der Waals surface area contributed by atoms with E-state index in [9.17, 15) is 24.8 Å². The number of nitro groups is 1. The predicted octanol–water partition coefficient (Wildman–Crippen LogP) is 2.94. The molecule has 8 nitrogen and oxygen atoms in total. The van der Waals surface area contributed by atoms with Crippen molar-refractivity contribution in [2.24, 2.45) is 0 Å². The second-order valence-electron chi connectivity index (χ2n) is 5.69. The molecule has 1 aliphatic heterocycles. The first-order chi connectivity index (χ1) is 12.8. The van der Waals surface area contributed by atoms with Crippen LogP contribution in [0.15, 0.2) is 36.4 Å². The molecule has 0 saturated carbocycles. The number of para-hydroxylation sites is 1. The van der Waals surface area contributed by atoms with Gasteiger partial charge in [0.2, 0.25) is 0 Å². The number of benzene rings is 2. The normalized spacial score (nSPS) is 14.3. The molecular weight excluding hydrogens is 399 g/mol. The van der Waals surface area contributed by atoms with Gasteiger partial charge in [0.1, 0.15) is 18.3 Å². The van der Waals surface area contributed by atoms with Crippen LogP contribution in [0.4, 0.5) is 5.69 Å². The summed E-state index contributed by atoms with van der Waals surface area (Å²) in [5, 5.41) is 21.7. The topological polar surface area (TPSA) is 110 Å². The van der Waals surface area contributed by atoms with Crippen molar-refractivity contribution in [3.63, 3.8) is 0 Å². The molecule has 0 aromatic heterocycles. The fraction of sp³-hybridized carbons (Fsp3) is 0.176. The largest absolute Gasteiger partial charge is 0.488 e. The van der Waals surface area contributed by atoms with Crippen LogP contribution in [0.2, 0.25) is 10.0 Å². The standard InChI is InChI=1S/C17H12Cl2N2O6/c18-11-4-2-5-12(19)15(11)27-8-9(22)7-20-16(23)10-3-1-6-13(21(25)26)14(10)17(20)24/h1-6,9,22H,7-8H2/t9-/m1/s1. The first kappa shape index (κ1) is 19.1. The number of halogens is 2. The molecule has 0 bridgehead atoms. The summed E-state index contributed by atoms with van der Waals surface area (Å²) in [5.74, 6) is -1.39. The summed E-state index contributed by atoms with van der Waals surface area (Å²) in [6, 6.07) is 8.53. The van der Waals surface area contributed by atoms with E-state index in [2.05, 4.69) is 0 Å². The Kier molecular flexibility index (Phi) is 5.31. The highest BCUT2D eigenvalue weighted by molar-refractivity contribution is 6.37. The summed E-state index contributed by atoms with van der Waals surface area (Å²) in [6.07, 6.45) is -1.25. The number of nitrogens with zero attached hydrogens (tertiary/aromatic N) is 2. The molecule has 0 saturated heterocycles. The number of carbonyl (C=O) groups is 2. The van der Waals surface area contributed by atoms with Crippen molar-refractivity contribution in [3.8, 4) is 5.75 Å². The zero-order valence-corrected chi connectivity index (χ0v) is 15.1. The van der Waals surface area contributed by atoms with Crippen LogP contribution in [-0.2, 0) is 0 Å². The Bertz CT molecular complexity index is 929. The SMILES string of the molecule is O=C1c2cccc([N+](=O)[O-])c2C(=O)N1C[C@@H](O)COc1c(Cl)cccc1Cl. The van der Waals surface area contributed by atoms with E-state index >= 15 is 0 Å². The second-order valence-corrected chi connectivity index (χ2v) is 6.51.